The largest absolute Gasteiger partial charge is 0.481 e. The normalized spacial score (nSPS) is 27.1. The van der Waals surface area contributed by atoms with Crippen LogP contribution in [0, 0.1) is 17.8 Å². The minimum absolute atomic E-state index is 0.145. The molecule has 1 aliphatic rings. The van der Waals surface area contributed by atoms with Crippen molar-refractivity contribution in [2.75, 3.05) is 0 Å². The van der Waals surface area contributed by atoms with E-state index in [1.54, 1.807) is 0 Å². The van der Waals surface area contributed by atoms with E-state index >= 15 is 0 Å². The molecule has 0 amide bonds. The second-order valence-corrected chi connectivity index (χ2v) is 5.86. The van der Waals surface area contributed by atoms with Gasteiger partial charge in [-0.1, -0.05) is 50.1 Å². The lowest BCUT2D eigenvalue weighted by atomic mass is 9.70. The minimum Gasteiger partial charge on any atom is -0.481 e. The molecule has 19 heavy (non-hydrogen) atoms. The maximum atomic E-state index is 11.4. The van der Waals surface area contributed by atoms with Gasteiger partial charge in [0.1, 0.15) is 0 Å². The molecule has 2 nitrogen and oxygen atoms in total. The Balaban J connectivity index is 2.05. The molecule has 0 aromatic heterocycles. The Morgan fingerprint density at radius 2 is 2.00 bits per heavy atom. The van der Waals surface area contributed by atoms with Crippen LogP contribution in [0.4, 0.5) is 0 Å². The molecule has 0 radical (unpaired) electrons. The topological polar surface area (TPSA) is 37.3 Å². The number of aliphatic carboxylic acids is 1. The van der Waals surface area contributed by atoms with Gasteiger partial charge in [0.2, 0.25) is 0 Å². The fraction of sp³-hybridized carbons (Fsp3) is 0.588. The molecule has 2 rings (SSSR count). The number of carboxylic acid groups (broad SMARTS) is 1. The number of hydrogen-bond acceptors (Lipinski definition) is 1. The number of rotatable bonds is 5. The molecule has 0 aliphatic heterocycles. The summed E-state index contributed by atoms with van der Waals surface area (Å²) >= 11 is 0. The number of benzene rings is 1. The highest BCUT2D eigenvalue weighted by Crippen LogP contribution is 2.38. The van der Waals surface area contributed by atoms with Crippen LogP contribution in [-0.4, -0.2) is 11.1 Å². The van der Waals surface area contributed by atoms with Crippen molar-refractivity contribution in [1.29, 1.82) is 0 Å². The molecule has 1 aromatic carbocycles. The number of carbonyl (C=O) groups is 1. The molecule has 1 aliphatic carbocycles. The second-order valence-electron chi connectivity index (χ2n) is 5.86. The van der Waals surface area contributed by atoms with E-state index in [9.17, 15) is 9.90 Å². The highest BCUT2D eigenvalue weighted by molar-refractivity contribution is 5.70. The highest BCUT2D eigenvalue weighted by atomic mass is 16.4. The molecule has 2 heteroatoms. The van der Waals surface area contributed by atoms with Crippen LogP contribution in [0.3, 0.4) is 0 Å². The average Bonchev–Trinajstić information content (AvgIpc) is 2.40. The molecular formula is C17H24O2. The third kappa shape index (κ3) is 3.82. The van der Waals surface area contributed by atoms with Crippen LogP contribution in [0.2, 0.25) is 0 Å². The summed E-state index contributed by atoms with van der Waals surface area (Å²) < 4.78 is 0. The predicted molar refractivity (Wildman–Crippen MR) is 77.0 cm³/mol. The first-order valence-corrected chi connectivity index (χ1v) is 7.47. The summed E-state index contributed by atoms with van der Waals surface area (Å²) in [6.45, 7) is 2.22. The van der Waals surface area contributed by atoms with Gasteiger partial charge in [-0.05, 0) is 43.1 Å². The third-order valence-electron chi connectivity index (χ3n) is 4.45. The van der Waals surface area contributed by atoms with Crippen molar-refractivity contribution in [3.8, 4) is 0 Å². The quantitative estimate of drug-likeness (QED) is 0.863. The molecule has 0 heterocycles. The standard InChI is InChI=1S/C17H24O2/c1-2-6-13-9-10-16(17(18)19)15(11-13)12-14-7-4-3-5-8-14/h3-5,7-8,13,15-16H,2,6,9-12H2,1H3,(H,18,19). The minimum atomic E-state index is -0.601. The van der Waals surface area contributed by atoms with Crippen LogP contribution in [0.15, 0.2) is 30.3 Å². The average molecular weight is 260 g/mol. The Kier molecular flexibility index (Phi) is 5.00. The van der Waals surface area contributed by atoms with Gasteiger partial charge in [0.25, 0.3) is 0 Å². The van der Waals surface area contributed by atoms with Crippen molar-refractivity contribution in [3.05, 3.63) is 35.9 Å². The Bertz CT molecular complexity index is 399. The van der Waals surface area contributed by atoms with Crippen molar-refractivity contribution in [3.63, 3.8) is 0 Å². The zero-order valence-electron chi connectivity index (χ0n) is 11.7. The first-order valence-electron chi connectivity index (χ1n) is 7.47. The van der Waals surface area contributed by atoms with E-state index in [4.69, 9.17) is 0 Å². The molecule has 1 fully saturated rings. The molecule has 1 saturated carbocycles. The van der Waals surface area contributed by atoms with Gasteiger partial charge in [-0.15, -0.1) is 0 Å². The summed E-state index contributed by atoms with van der Waals surface area (Å²) in [6, 6.07) is 10.3. The van der Waals surface area contributed by atoms with Crippen molar-refractivity contribution in [1.82, 2.24) is 0 Å². The molecule has 0 bridgehead atoms. The van der Waals surface area contributed by atoms with Gasteiger partial charge < -0.3 is 5.11 Å². The number of hydrogen-bond donors (Lipinski definition) is 1. The lowest BCUT2D eigenvalue weighted by Crippen LogP contribution is -2.32. The van der Waals surface area contributed by atoms with E-state index in [-0.39, 0.29) is 5.92 Å². The fourth-order valence-corrected chi connectivity index (χ4v) is 3.50. The summed E-state index contributed by atoms with van der Waals surface area (Å²) in [6.07, 6.45) is 6.41. The van der Waals surface area contributed by atoms with Crippen LogP contribution < -0.4 is 0 Å². The van der Waals surface area contributed by atoms with E-state index in [0.29, 0.717) is 5.92 Å². The van der Waals surface area contributed by atoms with Crippen LogP contribution in [-0.2, 0) is 11.2 Å². The molecule has 3 unspecified atom stereocenters. The van der Waals surface area contributed by atoms with Crippen molar-refractivity contribution < 1.29 is 9.90 Å². The van der Waals surface area contributed by atoms with Gasteiger partial charge in [-0.25, -0.2) is 0 Å². The maximum Gasteiger partial charge on any atom is 0.306 e. The Morgan fingerprint density at radius 3 is 2.63 bits per heavy atom. The Hall–Kier alpha value is -1.31. The van der Waals surface area contributed by atoms with Crippen LogP contribution in [0.25, 0.3) is 0 Å². The van der Waals surface area contributed by atoms with Crippen molar-refractivity contribution >= 4 is 5.97 Å². The first-order chi connectivity index (χ1) is 9.20. The molecular weight excluding hydrogens is 236 g/mol. The lowest BCUT2D eigenvalue weighted by molar-refractivity contribution is -0.145. The van der Waals surface area contributed by atoms with Gasteiger partial charge in [-0.3, -0.25) is 4.79 Å². The van der Waals surface area contributed by atoms with E-state index in [0.717, 1.165) is 31.6 Å². The Morgan fingerprint density at radius 1 is 1.26 bits per heavy atom. The van der Waals surface area contributed by atoms with Gasteiger partial charge in [-0.2, -0.15) is 0 Å². The van der Waals surface area contributed by atoms with Crippen molar-refractivity contribution in [2.24, 2.45) is 17.8 Å². The summed E-state index contributed by atoms with van der Waals surface area (Å²) in [4.78, 5) is 11.4. The lowest BCUT2D eigenvalue weighted by Gasteiger charge is -2.34. The molecule has 1 N–H and O–H groups in total. The summed E-state index contributed by atoms with van der Waals surface area (Å²) in [5, 5.41) is 9.40. The molecule has 104 valence electrons. The maximum absolute atomic E-state index is 11.4. The molecule has 0 spiro atoms. The van der Waals surface area contributed by atoms with Crippen molar-refractivity contribution in [2.45, 2.75) is 45.4 Å². The third-order valence-corrected chi connectivity index (χ3v) is 4.45. The Labute approximate surface area is 115 Å². The predicted octanol–water partition coefficient (Wildman–Crippen LogP) is 4.15. The van der Waals surface area contributed by atoms with Gasteiger partial charge in [0.15, 0.2) is 0 Å². The first kappa shape index (κ1) is 14.1. The van der Waals surface area contributed by atoms with Gasteiger partial charge in [0.05, 0.1) is 5.92 Å². The summed E-state index contributed by atoms with van der Waals surface area (Å²) in [5.41, 5.74) is 1.27. The van der Waals surface area contributed by atoms with E-state index in [1.165, 1.54) is 18.4 Å². The fourth-order valence-electron chi connectivity index (χ4n) is 3.50. The smallest absolute Gasteiger partial charge is 0.306 e. The summed E-state index contributed by atoms with van der Waals surface area (Å²) in [5.74, 6) is 0.295. The van der Waals surface area contributed by atoms with Gasteiger partial charge >= 0.3 is 5.97 Å². The van der Waals surface area contributed by atoms with E-state index in [2.05, 4.69) is 19.1 Å². The molecule has 0 saturated heterocycles. The zero-order chi connectivity index (χ0) is 13.7. The van der Waals surface area contributed by atoms with Crippen LogP contribution in [0.1, 0.15) is 44.6 Å². The summed E-state index contributed by atoms with van der Waals surface area (Å²) in [7, 11) is 0. The van der Waals surface area contributed by atoms with E-state index < -0.39 is 5.97 Å². The molecule has 1 aromatic rings. The van der Waals surface area contributed by atoms with Gasteiger partial charge in [0, 0.05) is 0 Å². The van der Waals surface area contributed by atoms with Crippen LogP contribution >= 0.6 is 0 Å². The highest BCUT2D eigenvalue weighted by Gasteiger charge is 2.34. The molecule has 3 atom stereocenters. The monoisotopic (exact) mass is 260 g/mol. The van der Waals surface area contributed by atoms with E-state index in [1.807, 2.05) is 18.2 Å². The number of carboxylic acids is 1. The zero-order valence-corrected chi connectivity index (χ0v) is 11.7. The SMILES string of the molecule is CCCC1CCC(C(=O)O)C(Cc2ccccc2)C1. The van der Waals surface area contributed by atoms with Crippen LogP contribution in [0.5, 0.6) is 0 Å². The second kappa shape index (κ2) is 6.74.